The average Bonchev–Trinajstić information content (AvgIpc) is 3.33. The van der Waals surface area contributed by atoms with Crippen LogP contribution in [0.4, 0.5) is 5.69 Å². The highest BCUT2D eigenvalue weighted by Gasteiger charge is 2.21. The summed E-state index contributed by atoms with van der Waals surface area (Å²) < 4.78 is 7.61. The number of ketones is 1. The van der Waals surface area contributed by atoms with Crippen molar-refractivity contribution in [3.63, 3.8) is 0 Å². The Morgan fingerprint density at radius 2 is 1.45 bits per heavy atom. The van der Waals surface area contributed by atoms with Crippen LogP contribution in [-0.2, 0) is 0 Å². The number of anilines is 1. The molecule has 2 heterocycles. The Hall–Kier alpha value is -4.84. The van der Waals surface area contributed by atoms with E-state index in [0.29, 0.717) is 11.3 Å². The van der Waals surface area contributed by atoms with E-state index >= 15 is 0 Å². The zero-order valence-electron chi connectivity index (χ0n) is 23.3. The van der Waals surface area contributed by atoms with Gasteiger partial charge in [-0.15, -0.1) is 0 Å². The zero-order chi connectivity index (χ0) is 28.6. The number of aromatic carboxylic acids is 1. The number of carboxylic acid groups (broad SMARTS) is 1. The number of benzene rings is 3. The smallest absolute Gasteiger partial charge is 0.336 e. The molecular weight excluding hydrogens is 500 g/mol. The van der Waals surface area contributed by atoms with Crippen molar-refractivity contribution in [1.82, 2.24) is 4.40 Å². The molecule has 6 heteroatoms. The van der Waals surface area contributed by atoms with Crippen molar-refractivity contribution < 1.29 is 19.4 Å². The molecule has 204 valence electrons. The highest BCUT2D eigenvalue weighted by Crippen LogP contribution is 2.29. The van der Waals surface area contributed by atoms with E-state index in [2.05, 4.69) is 90.9 Å². The van der Waals surface area contributed by atoms with Crippen LogP contribution in [0.1, 0.15) is 45.7 Å². The molecule has 0 bridgehead atoms. The third-order valence-electron chi connectivity index (χ3n) is 6.88. The summed E-state index contributed by atoms with van der Waals surface area (Å²) in [7, 11) is 1.50. The molecule has 40 heavy (non-hydrogen) atoms. The van der Waals surface area contributed by atoms with Crippen molar-refractivity contribution >= 4 is 23.0 Å². The maximum absolute atomic E-state index is 12.8. The number of aromatic nitrogens is 1. The minimum atomic E-state index is -1.13. The third-order valence-corrected chi connectivity index (χ3v) is 6.88. The maximum atomic E-state index is 12.8. The molecule has 0 unspecified atom stereocenters. The lowest BCUT2D eigenvalue weighted by molar-refractivity contribution is 0.0692. The van der Waals surface area contributed by atoms with Crippen LogP contribution in [0.5, 0.6) is 5.75 Å². The first-order valence-corrected chi connectivity index (χ1v) is 13.3. The van der Waals surface area contributed by atoms with Gasteiger partial charge in [-0.05, 0) is 68.3 Å². The molecule has 0 aliphatic rings. The summed E-state index contributed by atoms with van der Waals surface area (Å²) in [6.07, 6.45) is 2.12. The number of aryl methyl sites for hydroxylation is 1. The lowest BCUT2D eigenvalue weighted by Gasteiger charge is -2.22. The van der Waals surface area contributed by atoms with Crippen LogP contribution in [0.25, 0.3) is 16.8 Å². The van der Waals surface area contributed by atoms with Gasteiger partial charge in [-0.3, -0.25) is 4.79 Å². The predicted molar refractivity (Wildman–Crippen MR) is 161 cm³/mol. The number of methoxy groups -OCH3 is 1. The number of nitrogens with zero attached hydrogens (tertiary/aromatic N) is 2. The van der Waals surface area contributed by atoms with E-state index in [4.69, 9.17) is 4.74 Å². The minimum Gasteiger partial charge on any atom is -0.496 e. The topological polar surface area (TPSA) is 71.2 Å². The number of pyridine rings is 1. The molecule has 5 aromatic rings. The quantitative estimate of drug-likeness (QED) is 0.210. The Kier molecular flexibility index (Phi) is 9.02. The van der Waals surface area contributed by atoms with E-state index in [-0.39, 0.29) is 16.9 Å². The second kappa shape index (κ2) is 12.8. The molecule has 2 aromatic heterocycles. The number of carbonyl (C=O) groups excluding carboxylic acids is 1. The minimum absolute atomic E-state index is 0.0163. The van der Waals surface area contributed by atoms with Crippen molar-refractivity contribution in [3.8, 4) is 17.0 Å². The molecule has 0 atom stereocenters. The fourth-order valence-electron chi connectivity index (χ4n) is 4.89. The number of hydrogen-bond acceptors (Lipinski definition) is 4. The van der Waals surface area contributed by atoms with E-state index in [0.717, 1.165) is 18.8 Å². The average molecular weight is 535 g/mol. The second-order valence-electron chi connectivity index (χ2n) is 9.27. The van der Waals surface area contributed by atoms with Gasteiger partial charge < -0.3 is 19.1 Å². The van der Waals surface area contributed by atoms with Gasteiger partial charge in [-0.25, -0.2) is 4.79 Å². The molecule has 0 saturated heterocycles. The van der Waals surface area contributed by atoms with Crippen molar-refractivity contribution in [2.45, 2.75) is 20.8 Å². The van der Waals surface area contributed by atoms with E-state index in [1.165, 1.54) is 41.6 Å². The van der Waals surface area contributed by atoms with Crippen LogP contribution < -0.4 is 9.64 Å². The van der Waals surface area contributed by atoms with Gasteiger partial charge in [0.05, 0.1) is 23.9 Å². The highest BCUT2D eigenvalue weighted by molar-refractivity contribution is 6.15. The van der Waals surface area contributed by atoms with Crippen LogP contribution in [0.15, 0.2) is 103 Å². The third kappa shape index (κ3) is 5.91. The van der Waals surface area contributed by atoms with Crippen LogP contribution in [0.2, 0.25) is 0 Å². The number of carboxylic acids is 1. The van der Waals surface area contributed by atoms with Gasteiger partial charge in [0.15, 0.2) is 5.78 Å². The van der Waals surface area contributed by atoms with E-state index in [1.54, 1.807) is 18.2 Å². The van der Waals surface area contributed by atoms with Gasteiger partial charge in [-0.2, -0.15) is 0 Å². The van der Waals surface area contributed by atoms with E-state index in [9.17, 15) is 14.7 Å². The Balaban J connectivity index is 0.000000199. The normalized spacial score (nSPS) is 10.5. The summed E-state index contributed by atoms with van der Waals surface area (Å²) in [6.45, 7) is 7.95. The molecule has 3 aromatic carbocycles. The predicted octanol–water partition coefficient (Wildman–Crippen LogP) is 7.39. The molecule has 0 aliphatic heterocycles. The summed E-state index contributed by atoms with van der Waals surface area (Å²) in [4.78, 5) is 26.3. The monoisotopic (exact) mass is 534 g/mol. The van der Waals surface area contributed by atoms with E-state index < -0.39 is 5.97 Å². The van der Waals surface area contributed by atoms with Crippen molar-refractivity contribution in [3.05, 3.63) is 126 Å². The summed E-state index contributed by atoms with van der Waals surface area (Å²) in [5, 5.41) is 9.28. The van der Waals surface area contributed by atoms with Gasteiger partial charge in [0, 0.05) is 42.1 Å². The lowest BCUT2D eigenvalue weighted by Crippen LogP contribution is -2.22. The Bertz CT molecular complexity index is 1620. The first-order valence-electron chi connectivity index (χ1n) is 13.3. The first kappa shape index (κ1) is 28.2. The summed E-state index contributed by atoms with van der Waals surface area (Å²) in [5.74, 6) is -1.06. The summed E-state index contributed by atoms with van der Waals surface area (Å²) in [5.41, 5.74) is 6.57. The number of carbonyl (C=O) groups is 2. The van der Waals surface area contributed by atoms with Gasteiger partial charge in [0.2, 0.25) is 0 Å². The zero-order valence-corrected chi connectivity index (χ0v) is 23.3. The Labute approximate surface area is 235 Å². The van der Waals surface area contributed by atoms with Crippen LogP contribution >= 0.6 is 0 Å². The largest absolute Gasteiger partial charge is 0.496 e. The van der Waals surface area contributed by atoms with Crippen molar-refractivity contribution in [1.29, 1.82) is 0 Å². The standard InChI is InChI=1S/C19H21NO4.C15H13N/c1-4-20(5-2)13-10-11-16(17(12-13)24-3)18(21)14-8-6-7-9-15(14)19(22)23;1-12-11-14-9-5-6-10-16(14)15(12)13-7-3-2-4-8-13/h6-12H,4-5H2,1-3H3,(H,22,23);2-11H,1H3. The molecule has 0 saturated carbocycles. The molecule has 6 nitrogen and oxygen atoms in total. The molecule has 0 aliphatic carbocycles. The van der Waals surface area contributed by atoms with Crippen molar-refractivity contribution in [2.75, 3.05) is 25.1 Å². The maximum Gasteiger partial charge on any atom is 0.336 e. The molecule has 0 fully saturated rings. The lowest BCUT2D eigenvalue weighted by atomic mass is 9.97. The van der Waals surface area contributed by atoms with Crippen LogP contribution in [-0.4, -0.2) is 41.5 Å². The Morgan fingerprint density at radius 3 is 2.10 bits per heavy atom. The molecule has 1 N–H and O–H groups in total. The Morgan fingerprint density at radius 1 is 0.800 bits per heavy atom. The second-order valence-corrected chi connectivity index (χ2v) is 9.27. The van der Waals surface area contributed by atoms with Gasteiger partial charge in [0.1, 0.15) is 5.75 Å². The number of ether oxygens (including phenoxy) is 1. The van der Waals surface area contributed by atoms with E-state index in [1.807, 2.05) is 12.1 Å². The molecule has 0 amide bonds. The SMILES string of the molecule is CCN(CC)c1ccc(C(=O)c2ccccc2C(=O)O)c(OC)c1.Cc1cc2ccccn2c1-c1ccccc1. The summed E-state index contributed by atoms with van der Waals surface area (Å²) >= 11 is 0. The van der Waals surface area contributed by atoms with Crippen LogP contribution in [0.3, 0.4) is 0 Å². The molecule has 5 rings (SSSR count). The molecule has 0 radical (unpaired) electrons. The first-order chi connectivity index (χ1) is 19.4. The van der Waals surface area contributed by atoms with Gasteiger partial charge in [-0.1, -0.05) is 54.6 Å². The van der Waals surface area contributed by atoms with Crippen LogP contribution in [0, 0.1) is 6.92 Å². The molecule has 0 spiro atoms. The highest BCUT2D eigenvalue weighted by atomic mass is 16.5. The van der Waals surface area contributed by atoms with Gasteiger partial charge in [0.25, 0.3) is 0 Å². The van der Waals surface area contributed by atoms with Gasteiger partial charge >= 0.3 is 5.97 Å². The molecular formula is C34H34N2O4. The fourth-order valence-corrected chi connectivity index (χ4v) is 4.89. The number of fused-ring (bicyclic) bond motifs is 1. The number of hydrogen-bond donors (Lipinski definition) is 1. The van der Waals surface area contributed by atoms with Crippen molar-refractivity contribution in [2.24, 2.45) is 0 Å². The summed E-state index contributed by atoms with van der Waals surface area (Å²) in [6, 6.07) is 30.6. The fraction of sp³-hybridized carbons (Fsp3) is 0.176. The number of rotatable bonds is 8.